The number of fused-ring (bicyclic) bond motifs is 2. The highest BCUT2D eigenvalue weighted by atomic mass is 16.5. The van der Waals surface area contributed by atoms with Crippen molar-refractivity contribution in [1.29, 1.82) is 0 Å². The molecular weight excluding hydrogens is 508 g/mol. The van der Waals surface area contributed by atoms with E-state index in [9.17, 15) is 4.79 Å². The second-order valence-electron chi connectivity index (χ2n) is 11.5. The first-order valence-electron chi connectivity index (χ1n) is 15.3. The molecule has 0 bridgehead atoms. The van der Waals surface area contributed by atoms with E-state index in [4.69, 9.17) is 14.5 Å². The van der Waals surface area contributed by atoms with E-state index in [1.165, 1.54) is 30.4 Å². The maximum absolute atomic E-state index is 13.2. The fraction of sp³-hybridized carbons (Fsp3) is 0.389. The first-order chi connectivity index (χ1) is 20.2. The minimum atomic E-state index is -0.274. The predicted octanol–water partition coefficient (Wildman–Crippen LogP) is 7.47. The van der Waals surface area contributed by atoms with Gasteiger partial charge in [0.1, 0.15) is 18.5 Å². The number of benzene rings is 3. The molecule has 0 radical (unpaired) electrons. The second-order valence-corrected chi connectivity index (χ2v) is 11.5. The van der Waals surface area contributed by atoms with Crippen molar-refractivity contribution in [2.24, 2.45) is 5.92 Å². The third-order valence-electron chi connectivity index (χ3n) is 8.58. The molecule has 2 heterocycles. The smallest absolute Gasteiger partial charge is 0.306 e. The molecule has 1 aliphatic carbocycles. The molecule has 0 N–H and O–H groups in total. The molecule has 4 aromatic rings. The Balaban J connectivity index is 1.16. The SMILES string of the molecule is O=C(CCCN1CCCCC1)OC1c2cc(OCc3ccc4ccccc4n3)ccc2CCC1Cc1ccccc1. The van der Waals surface area contributed by atoms with E-state index in [0.29, 0.717) is 13.0 Å². The number of hydrogen-bond donors (Lipinski definition) is 0. The van der Waals surface area contributed by atoms with E-state index in [1.54, 1.807) is 0 Å². The summed E-state index contributed by atoms with van der Waals surface area (Å²) in [5.41, 5.74) is 5.47. The third kappa shape index (κ3) is 7.15. The molecule has 5 nitrogen and oxygen atoms in total. The number of likely N-dealkylation sites (tertiary alicyclic amines) is 1. The molecule has 1 aromatic heterocycles. The molecule has 212 valence electrons. The Morgan fingerprint density at radius 2 is 1.73 bits per heavy atom. The summed E-state index contributed by atoms with van der Waals surface area (Å²) in [6.45, 7) is 3.67. The Labute approximate surface area is 243 Å². The number of carbonyl (C=O) groups is 1. The van der Waals surface area contributed by atoms with Gasteiger partial charge in [0.2, 0.25) is 0 Å². The van der Waals surface area contributed by atoms with Crippen LogP contribution in [-0.2, 0) is 29.0 Å². The molecule has 41 heavy (non-hydrogen) atoms. The van der Waals surface area contributed by atoms with Crippen LogP contribution in [0.5, 0.6) is 5.75 Å². The highest BCUT2D eigenvalue weighted by Crippen LogP contribution is 2.41. The number of ether oxygens (including phenoxy) is 2. The van der Waals surface area contributed by atoms with Crippen LogP contribution >= 0.6 is 0 Å². The lowest BCUT2D eigenvalue weighted by atomic mass is 9.78. The largest absolute Gasteiger partial charge is 0.487 e. The zero-order valence-electron chi connectivity index (χ0n) is 23.8. The van der Waals surface area contributed by atoms with E-state index in [-0.39, 0.29) is 18.0 Å². The fourth-order valence-corrected chi connectivity index (χ4v) is 6.36. The van der Waals surface area contributed by atoms with Gasteiger partial charge < -0.3 is 14.4 Å². The molecule has 2 aliphatic rings. The summed E-state index contributed by atoms with van der Waals surface area (Å²) in [6.07, 6.45) is 7.76. The predicted molar refractivity (Wildman–Crippen MR) is 163 cm³/mol. The zero-order valence-corrected chi connectivity index (χ0v) is 23.8. The number of esters is 1. The molecule has 0 amide bonds. The van der Waals surface area contributed by atoms with Gasteiger partial charge >= 0.3 is 5.97 Å². The van der Waals surface area contributed by atoms with Crippen molar-refractivity contribution >= 4 is 16.9 Å². The summed E-state index contributed by atoms with van der Waals surface area (Å²) in [6, 6.07) is 29.1. The number of nitrogens with zero attached hydrogens (tertiary/aromatic N) is 2. The van der Waals surface area contributed by atoms with Crippen LogP contribution in [0, 0.1) is 5.92 Å². The fourth-order valence-electron chi connectivity index (χ4n) is 6.36. The Morgan fingerprint density at radius 3 is 2.61 bits per heavy atom. The number of aryl methyl sites for hydroxylation is 1. The number of pyridine rings is 1. The van der Waals surface area contributed by atoms with Gasteiger partial charge in [0, 0.05) is 17.7 Å². The number of para-hydroxylation sites is 1. The van der Waals surface area contributed by atoms with E-state index in [0.717, 1.165) is 73.2 Å². The number of hydrogen-bond acceptors (Lipinski definition) is 5. The van der Waals surface area contributed by atoms with E-state index < -0.39 is 0 Å². The van der Waals surface area contributed by atoms with Crippen LogP contribution < -0.4 is 4.74 Å². The number of rotatable bonds is 10. The highest BCUT2D eigenvalue weighted by molar-refractivity contribution is 5.78. The van der Waals surface area contributed by atoms with Crippen LogP contribution in [-0.4, -0.2) is 35.5 Å². The summed E-state index contributed by atoms with van der Waals surface area (Å²) in [4.78, 5) is 20.4. The minimum absolute atomic E-state index is 0.0930. The monoisotopic (exact) mass is 548 g/mol. The zero-order chi connectivity index (χ0) is 27.9. The average molecular weight is 549 g/mol. The van der Waals surface area contributed by atoms with Gasteiger partial charge in [-0.3, -0.25) is 4.79 Å². The topological polar surface area (TPSA) is 51.7 Å². The Kier molecular flexibility index (Phi) is 8.92. The van der Waals surface area contributed by atoms with Crippen LogP contribution in [0.15, 0.2) is 84.9 Å². The summed E-state index contributed by atoms with van der Waals surface area (Å²) < 4.78 is 12.6. The van der Waals surface area contributed by atoms with E-state index >= 15 is 0 Å². The summed E-state index contributed by atoms with van der Waals surface area (Å²) in [5.74, 6) is 0.920. The molecule has 6 rings (SSSR count). The Morgan fingerprint density at radius 1 is 0.902 bits per heavy atom. The quantitative estimate of drug-likeness (QED) is 0.192. The Bertz CT molecular complexity index is 1450. The van der Waals surface area contributed by atoms with Crippen molar-refractivity contribution in [3.05, 3.63) is 107 Å². The lowest BCUT2D eigenvalue weighted by Gasteiger charge is -2.34. The standard InChI is InChI=1S/C36H40N2O3/c39-35(14-9-23-38-21-7-2-8-22-38)41-36-30(24-27-10-3-1-4-11-27)16-15-28-18-20-32(25-33(28)36)40-26-31-19-17-29-12-5-6-13-34(29)37-31/h1,3-6,10-13,17-20,25,30,36H,2,7-9,14-16,21-24,26H2. The lowest BCUT2D eigenvalue weighted by molar-refractivity contribution is -0.153. The van der Waals surface area contributed by atoms with Crippen LogP contribution in [0.1, 0.15) is 67.0 Å². The van der Waals surface area contributed by atoms with E-state index in [2.05, 4.69) is 53.4 Å². The molecule has 5 heteroatoms. The van der Waals surface area contributed by atoms with Crippen LogP contribution in [0.25, 0.3) is 10.9 Å². The summed E-state index contributed by atoms with van der Waals surface area (Å²) in [7, 11) is 0. The van der Waals surface area contributed by atoms with Crippen molar-refractivity contribution in [1.82, 2.24) is 9.88 Å². The number of piperidine rings is 1. The van der Waals surface area contributed by atoms with Gasteiger partial charge in [-0.1, -0.05) is 67.1 Å². The first-order valence-corrected chi connectivity index (χ1v) is 15.3. The molecule has 1 saturated heterocycles. The third-order valence-corrected chi connectivity index (χ3v) is 8.58. The van der Waals surface area contributed by atoms with Crippen molar-refractivity contribution in [3.63, 3.8) is 0 Å². The minimum Gasteiger partial charge on any atom is -0.487 e. The molecule has 3 aromatic carbocycles. The molecule has 1 fully saturated rings. The second kappa shape index (κ2) is 13.3. The van der Waals surface area contributed by atoms with Gasteiger partial charge in [0.15, 0.2) is 0 Å². The van der Waals surface area contributed by atoms with E-state index in [1.807, 2.05) is 36.4 Å². The average Bonchev–Trinajstić information content (AvgIpc) is 3.02. The van der Waals surface area contributed by atoms with Gasteiger partial charge in [0.25, 0.3) is 0 Å². The molecule has 2 unspecified atom stereocenters. The summed E-state index contributed by atoms with van der Waals surface area (Å²) in [5, 5.41) is 1.12. The van der Waals surface area contributed by atoms with Crippen molar-refractivity contribution < 1.29 is 14.3 Å². The maximum atomic E-state index is 13.2. The van der Waals surface area contributed by atoms with Crippen molar-refractivity contribution in [2.45, 2.75) is 64.1 Å². The normalized spacial score (nSPS) is 19.0. The van der Waals surface area contributed by atoms with Crippen molar-refractivity contribution in [3.8, 4) is 5.75 Å². The molecule has 2 atom stereocenters. The van der Waals surface area contributed by atoms with Crippen LogP contribution in [0.2, 0.25) is 0 Å². The van der Waals surface area contributed by atoms with Gasteiger partial charge in [-0.2, -0.15) is 0 Å². The first kappa shape index (κ1) is 27.5. The maximum Gasteiger partial charge on any atom is 0.306 e. The lowest BCUT2D eigenvalue weighted by Crippen LogP contribution is -2.31. The molecule has 0 saturated carbocycles. The van der Waals surface area contributed by atoms with Gasteiger partial charge in [-0.15, -0.1) is 0 Å². The molecular formula is C36H40N2O3. The number of aromatic nitrogens is 1. The van der Waals surface area contributed by atoms with Gasteiger partial charge in [-0.25, -0.2) is 4.98 Å². The molecule has 0 spiro atoms. The van der Waals surface area contributed by atoms with Gasteiger partial charge in [0.05, 0.1) is 11.2 Å². The number of carbonyl (C=O) groups excluding carboxylic acids is 1. The van der Waals surface area contributed by atoms with Crippen LogP contribution in [0.3, 0.4) is 0 Å². The van der Waals surface area contributed by atoms with Gasteiger partial charge in [-0.05, 0) is 99.1 Å². The van der Waals surface area contributed by atoms with Crippen molar-refractivity contribution in [2.75, 3.05) is 19.6 Å². The highest BCUT2D eigenvalue weighted by Gasteiger charge is 2.33. The molecule has 1 aliphatic heterocycles. The van der Waals surface area contributed by atoms with Crippen LogP contribution in [0.4, 0.5) is 0 Å². The summed E-state index contributed by atoms with van der Waals surface area (Å²) >= 11 is 0. The Hall–Kier alpha value is -3.70.